The number of hydrogen-bond donors (Lipinski definition) is 0. The molecule has 0 unspecified atom stereocenters. The molecule has 132 valence electrons. The van der Waals surface area contributed by atoms with E-state index in [1.807, 2.05) is 18.2 Å². The quantitative estimate of drug-likeness (QED) is 0.773. The minimum absolute atomic E-state index is 0.103. The van der Waals surface area contributed by atoms with Crippen LogP contribution in [0.1, 0.15) is 38.0 Å². The average molecular weight is 353 g/mol. The first-order chi connectivity index (χ1) is 11.1. The van der Waals surface area contributed by atoms with Gasteiger partial charge in [-0.25, -0.2) is 8.42 Å². The summed E-state index contributed by atoms with van der Waals surface area (Å²) in [7, 11) is -3.35. The third-order valence-electron chi connectivity index (χ3n) is 4.11. The highest BCUT2D eigenvalue weighted by atomic mass is 32.2. The lowest BCUT2D eigenvalue weighted by molar-refractivity contribution is -0.168. The molecule has 0 radical (unpaired) electrons. The van der Waals surface area contributed by atoms with E-state index in [1.54, 1.807) is 12.1 Å². The van der Waals surface area contributed by atoms with Gasteiger partial charge in [0.2, 0.25) is 0 Å². The zero-order valence-electron chi connectivity index (χ0n) is 14.2. The van der Waals surface area contributed by atoms with E-state index in [1.165, 1.54) is 25.7 Å². The molecule has 1 aromatic rings. The predicted octanol–water partition coefficient (Wildman–Crippen LogP) is 1.72. The van der Waals surface area contributed by atoms with Gasteiger partial charge in [0.05, 0.1) is 11.0 Å². The molecule has 0 aromatic heterocycles. The zero-order valence-corrected chi connectivity index (χ0v) is 15.0. The van der Waals surface area contributed by atoms with Gasteiger partial charge in [0.25, 0.3) is 5.91 Å². The van der Waals surface area contributed by atoms with Crippen molar-refractivity contribution >= 4 is 21.7 Å². The molecular formula is C17H23NO5S. The first-order valence-corrected chi connectivity index (χ1v) is 9.60. The maximum absolute atomic E-state index is 12.6. The number of ether oxygens (including phenoxy) is 1. The van der Waals surface area contributed by atoms with E-state index in [0.717, 1.165) is 5.56 Å². The highest BCUT2D eigenvalue weighted by Gasteiger charge is 2.39. The van der Waals surface area contributed by atoms with Crippen molar-refractivity contribution in [2.45, 2.75) is 38.0 Å². The fraction of sp³-hybridized carbons (Fsp3) is 0.529. The van der Waals surface area contributed by atoms with Crippen molar-refractivity contribution in [1.82, 2.24) is 4.90 Å². The molecule has 1 amide bonds. The highest BCUT2D eigenvalue weighted by Crippen LogP contribution is 2.30. The van der Waals surface area contributed by atoms with Crippen molar-refractivity contribution < 1.29 is 22.7 Å². The van der Waals surface area contributed by atoms with Gasteiger partial charge < -0.3 is 9.64 Å². The molecule has 2 rings (SSSR count). The van der Waals surface area contributed by atoms with E-state index in [-0.39, 0.29) is 18.2 Å². The fourth-order valence-corrected chi connectivity index (χ4v) is 4.77. The topological polar surface area (TPSA) is 80.8 Å². The molecule has 1 aromatic carbocycles. The molecule has 0 N–H and O–H groups in total. The van der Waals surface area contributed by atoms with Gasteiger partial charge in [0.1, 0.15) is 0 Å². The molecule has 24 heavy (non-hydrogen) atoms. The Bertz CT molecular complexity index is 712. The lowest BCUT2D eigenvalue weighted by Crippen LogP contribution is -2.48. The van der Waals surface area contributed by atoms with Gasteiger partial charge in [-0.05, 0) is 25.8 Å². The van der Waals surface area contributed by atoms with E-state index in [2.05, 4.69) is 0 Å². The molecule has 1 saturated heterocycles. The molecule has 0 spiro atoms. The highest BCUT2D eigenvalue weighted by molar-refractivity contribution is 7.91. The van der Waals surface area contributed by atoms with E-state index in [4.69, 9.17) is 4.74 Å². The van der Waals surface area contributed by atoms with Crippen LogP contribution in [0.3, 0.4) is 0 Å². The summed E-state index contributed by atoms with van der Waals surface area (Å²) in [6.07, 6.45) is 0.328. The summed E-state index contributed by atoms with van der Waals surface area (Å²) in [4.78, 5) is 25.3. The molecule has 1 atom stereocenters. The standard InChI is InChI=1S/C17H23NO5S/c1-13(19)23-17(2,3)16(20)18-10-9-15(24(21,22)12-11-18)14-7-5-4-6-8-14/h4-8,15H,9-12H2,1-3H3/t15-/m1/s1. The average Bonchev–Trinajstić information content (AvgIpc) is 2.64. The maximum Gasteiger partial charge on any atom is 0.303 e. The predicted molar refractivity (Wildman–Crippen MR) is 90.0 cm³/mol. The number of sulfone groups is 1. The maximum atomic E-state index is 12.6. The van der Waals surface area contributed by atoms with Crippen molar-refractivity contribution in [3.63, 3.8) is 0 Å². The van der Waals surface area contributed by atoms with Crippen LogP contribution in [0.25, 0.3) is 0 Å². The van der Waals surface area contributed by atoms with Crippen LogP contribution in [0.15, 0.2) is 30.3 Å². The van der Waals surface area contributed by atoms with Crippen LogP contribution < -0.4 is 0 Å². The Morgan fingerprint density at radius 2 is 1.79 bits per heavy atom. The normalized spacial score (nSPS) is 21.0. The lowest BCUT2D eigenvalue weighted by Gasteiger charge is -2.30. The van der Waals surface area contributed by atoms with Crippen LogP contribution >= 0.6 is 0 Å². The third-order valence-corrected chi connectivity index (χ3v) is 6.24. The van der Waals surface area contributed by atoms with Gasteiger partial charge in [-0.1, -0.05) is 30.3 Å². The van der Waals surface area contributed by atoms with Crippen molar-refractivity contribution in [3.05, 3.63) is 35.9 Å². The van der Waals surface area contributed by atoms with Crippen molar-refractivity contribution in [1.29, 1.82) is 0 Å². The van der Waals surface area contributed by atoms with Crippen LogP contribution in [0.5, 0.6) is 0 Å². The van der Waals surface area contributed by atoms with Crippen molar-refractivity contribution in [2.24, 2.45) is 0 Å². The zero-order chi connectivity index (χ0) is 18.0. The first kappa shape index (κ1) is 18.4. The van der Waals surface area contributed by atoms with Crippen LogP contribution in [0.2, 0.25) is 0 Å². The summed E-state index contributed by atoms with van der Waals surface area (Å²) in [5, 5.41) is -0.617. The molecule has 0 saturated carbocycles. The second-order valence-electron chi connectivity index (χ2n) is 6.45. The van der Waals surface area contributed by atoms with E-state index in [9.17, 15) is 18.0 Å². The number of hydrogen-bond acceptors (Lipinski definition) is 5. The van der Waals surface area contributed by atoms with Crippen LogP contribution in [-0.2, 0) is 24.2 Å². The van der Waals surface area contributed by atoms with E-state index in [0.29, 0.717) is 13.0 Å². The summed E-state index contributed by atoms with van der Waals surface area (Å²) in [6, 6.07) is 9.04. The Morgan fingerprint density at radius 3 is 2.38 bits per heavy atom. The number of benzene rings is 1. The number of carbonyl (C=O) groups excluding carboxylic acids is 2. The van der Waals surface area contributed by atoms with Crippen LogP contribution in [0.4, 0.5) is 0 Å². The summed E-state index contributed by atoms with van der Waals surface area (Å²) in [5.41, 5.74) is -0.562. The summed E-state index contributed by atoms with van der Waals surface area (Å²) < 4.78 is 30.2. The SMILES string of the molecule is CC(=O)OC(C)(C)C(=O)N1CC[C@H](c2ccccc2)S(=O)(=O)CC1. The summed E-state index contributed by atoms with van der Waals surface area (Å²) in [6.45, 7) is 4.69. The first-order valence-electron chi connectivity index (χ1n) is 7.89. The molecule has 1 fully saturated rings. The molecule has 7 heteroatoms. The fourth-order valence-electron chi connectivity index (χ4n) is 2.97. The molecule has 0 bridgehead atoms. The Morgan fingerprint density at radius 1 is 1.17 bits per heavy atom. The molecular weight excluding hydrogens is 330 g/mol. The Hall–Kier alpha value is -1.89. The number of amides is 1. The molecule has 1 aliphatic rings. The van der Waals surface area contributed by atoms with Crippen molar-refractivity contribution in [2.75, 3.05) is 18.8 Å². The minimum atomic E-state index is -3.35. The van der Waals surface area contributed by atoms with Gasteiger partial charge in [-0.15, -0.1) is 0 Å². The second-order valence-corrected chi connectivity index (χ2v) is 8.75. The molecule has 0 aliphatic carbocycles. The van der Waals surface area contributed by atoms with Gasteiger partial charge >= 0.3 is 5.97 Å². The van der Waals surface area contributed by atoms with Gasteiger partial charge in [0.15, 0.2) is 15.4 Å². The number of esters is 1. The van der Waals surface area contributed by atoms with Crippen molar-refractivity contribution in [3.8, 4) is 0 Å². The van der Waals surface area contributed by atoms with Crippen LogP contribution in [-0.4, -0.2) is 49.6 Å². The lowest BCUT2D eigenvalue weighted by atomic mass is 10.1. The molecule has 1 aliphatic heterocycles. The van der Waals surface area contributed by atoms with E-state index < -0.39 is 26.7 Å². The Balaban J connectivity index is 2.19. The number of carbonyl (C=O) groups is 2. The Labute approximate surface area is 142 Å². The monoisotopic (exact) mass is 353 g/mol. The van der Waals surface area contributed by atoms with Gasteiger partial charge in [0, 0.05) is 20.0 Å². The molecule has 1 heterocycles. The van der Waals surface area contributed by atoms with Gasteiger partial charge in [-0.3, -0.25) is 9.59 Å². The largest absolute Gasteiger partial charge is 0.450 e. The van der Waals surface area contributed by atoms with E-state index >= 15 is 0 Å². The number of rotatable bonds is 3. The summed E-state index contributed by atoms with van der Waals surface area (Å²) in [5.74, 6) is -1.02. The van der Waals surface area contributed by atoms with Gasteiger partial charge in [-0.2, -0.15) is 0 Å². The smallest absolute Gasteiger partial charge is 0.303 e. The van der Waals surface area contributed by atoms with Crippen LogP contribution in [0, 0.1) is 0 Å². The number of nitrogens with zero attached hydrogens (tertiary/aromatic N) is 1. The summed E-state index contributed by atoms with van der Waals surface area (Å²) >= 11 is 0. The molecule has 6 nitrogen and oxygen atoms in total. The third kappa shape index (κ3) is 4.14. The Kier molecular flexibility index (Phi) is 5.32. The minimum Gasteiger partial charge on any atom is -0.450 e. The second kappa shape index (κ2) is 6.93.